The first kappa shape index (κ1) is 23.6. The molecule has 1 aliphatic rings. The maximum atomic E-state index is 13.7. The fraction of sp³-hybridized carbons (Fsp3) is 0.0769. The van der Waals surface area contributed by atoms with Crippen LogP contribution in [0.4, 0.5) is 0 Å². The molecule has 178 valence electrons. The van der Waals surface area contributed by atoms with Gasteiger partial charge in [0.1, 0.15) is 17.6 Å². The van der Waals surface area contributed by atoms with E-state index < -0.39 is 21.7 Å². The van der Waals surface area contributed by atoms with Crippen molar-refractivity contribution in [3.05, 3.63) is 114 Å². The summed E-state index contributed by atoms with van der Waals surface area (Å²) in [5, 5.41) is 1.87. The molecule has 3 unspecified atom stereocenters. The summed E-state index contributed by atoms with van der Waals surface area (Å²) in [6, 6.07) is 26.3. The van der Waals surface area contributed by atoms with Gasteiger partial charge in [-0.2, -0.15) is 4.31 Å². The number of hydrogen-bond donors (Lipinski definition) is 1. The highest BCUT2D eigenvalue weighted by Gasteiger charge is 2.43. The zero-order chi connectivity index (χ0) is 24.5. The lowest BCUT2D eigenvalue weighted by atomic mass is 9.92. The summed E-state index contributed by atoms with van der Waals surface area (Å²) < 4.78 is 48.5. The summed E-state index contributed by atoms with van der Waals surface area (Å²) in [4.78, 5) is 10.7. The lowest BCUT2D eigenvalue weighted by Gasteiger charge is -2.25. The van der Waals surface area contributed by atoms with Crippen molar-refractivity contribution in [2.45, 2.75) is 13.0 Å². The Kier molecular flexibility index (Phi) is 6.37. The second-order valence-electron chi connectivity index (χ2n) is 7.94. The first-order valence-corrected chi connectivity index (χ1v) is 13.8. The molecule has 0 aliphatic heterocycles. The summed E-state index contributed by atoms with van der Waals surface area (Å²) in [7, 11) is -9.62. The molecule has 0 saturated heterocycles. The molecule has 0 heterocycles. The van der Waals surface area contributed by atoms with Crippen molar-refractivity contribution in [1.29, 1.82) is 0 Å². The van der Waals surface area contributed by atoms with Gasteiger partial charge in [0.2, 0.25) is 0 Å². The first-order valence-electron chi connectivity index (χ1n) is 10.8. The summed E-state index contributed by atoms with van der Waals surface area (Å²) in [5.41, 5.74) is 2.30. The van der Waals surface area contributed by atoms with E-state index in [0.29, 0.717) is 11.1 Å². The zero-order valence-electron chi connectivity index (χ0n) is 18.7. The van der Waals surface area contributed by atoms with Crippen LogP contribution in [0.25, 0.3) is 16.8 Å². The normalized spacial score (nSPS) is 17.9. The molecule has 0 saturated carbocycles. The number of aryl methyl sites for hydroxylation is 1. The SMILES string of the molecule is Cc1ccccc1OP(=O)(Oc1ccccc1)OP(=O)(O)OC1C=Cc2cccc3cccc1c23. The summed E-state index contributed by atoms with van der Waals surface area (Å²) >= 11 is 0. The predicted octanol–water partition coefficient (Wildman–Crippen LogP) is 7.62. The second-order valence-corrected chi connectivity index (χ2v) is 11.0. The lowest BCUT2D eigenvalue weighted by Crippen LogP contribution is -2.09. The fourth-order valence-electron chi connectivity index (χ4n) is 3.89. The van der Waals surface area contributed by atoms with Crippen LogP contribution in [0.1, 0.15) is 22.8 Å². The van der Waals surface area contributed by atoms with Gasteiger partial charge in [-0.05, 0) is 52.6 Å². The lowest BCUT2D eigenvalue weighted by molar-refractivity contribution is 0.155. The van der Waals surface area contributed by atoms with Gasteiger partial charge in [0.05, 0.1) is 0 Å². The molecule has 0 amide bonds. The highest BCUT2D eigenvalue weighted by molar-refractivity contribution is 7.62. The van der Waals surface area contributed by atoms with Crippen molar-refractivity contribution in [2.24, 2.45) is 0 Å². The Labute approximate surface area is 202 Å². The van der Waals surface area contributed by atoms with Crippen molar-refractivity contribution >= 4 is 32.5 Å². The Hall–Kier alpha value is -3.18. The van der Waals surface area contributed by atoms with Gasteiger partial charge in [0, 0.05) is 0 Å². The Morgan fingerprint density at radius 2 is 1.51 bits per heavy atom. The third kappa shape index (κ3) is 5.25. The van der Waals surface area contributed by atoms with E-state index >= 15 is 0 Å². The molecule has 3 atom stereocenters. The van der Waals surface area contributed by atoms with E-state index in [9.17, 15) is 14.0 Å². The summed E-state index contributed by atoms with van der Waals surface area (Å²) in [6.07, 6.45) is 2.55. The molecule has 4 aromatic rings. The van der Waals surface area contributed by atoms with Crippen LogP contribution in [-0.2, 0) is 18.0 Å². The Balaban J connectivity index is 1.44. The van der Waals surface area contributed by atoms with Crippen molar-refractivity contribution in [2.75, 3.05) is 0 Å². The van der Waals surface area contributed by atoms with Gasteiger partial charge in [0.15, 0.2) is 0 Å². The molecular weight excluding hydrogens is 486 g/mol. The molecule has 0 bridgehead atoms. The van der Waals surface area contributed by atoms with E-state index in [1.54, 1.807) is 55.5 Å². The quantitative estimate of drug-likeness (QED) is 0.245. The van der Waals surface area contributed by atoms with Crippen molar-refractivity contribution in [3.8, 4) is 11.5 Å². The second kappa shape index (κ2) is 9.46. The van der Waals surface area contributed by atoms with E-state index in [1.165, 1.54) is 12.1 Å². The van der Waals surface area contributed by atoms with Crippen LogP contribution in [0.2, 0.25) is 0 Å². The molecule has 5 rings (SSSR count). The van der Waals surface area contributed by atoms with E-state index in [4.69, 9.17) is 17.9 Å². The van der Waals surface area contributed by atoms with Gasteiger partial charge in [-0.1, -0.05) is 84.9 Å². The number of rotatable bonds is 8. The van der Waals surface area contributed by atoms with Gasteiger partial charge < -0.3 is 13.9 Å². The number of benzene rings is 4. The average molecular weight is 508 g/mol. The minimum absolute atomic E-state index is 0.140. The highest BCUT2D eigenvalue weighted by atomic mass is 31.3. The monoisotopic (exact) mass is 508 g/mol. The van der Waals surface area contributed by atoms with Gasteiger partial charge >= 0.3 is 15.6 Å². The van der Waals surface area contributed by atoms with Crippen LogP contribution >= 0.6 is 15.6 Å². The third-order valence-electron chi connectivity index (χ3n) is 5.44. The minimum atomic E-state index is -4.95. The van der Waals surface area contributed by atoms with E-state index in [0.717, 1.165) is 16.3 Å². The summed E-state index contributed by atoms with van der Waals surface area (Å²) in [6.45, 7) is 1.74. The van der Waals surface area contributed by atoms with Crippen LogP contribution in [-0.4, -0.2) is 4.89 Å². The molecule has 9 heteroatoms. The maximum absolute atomic E-state index is 13.7. The predicted molar refractivity (Wildman–Crippen MR) is 134 cm³/mol. The fourth-order valence-corrected chi connectivity index (χ4v) is 6.66. The average Bonchev–Trinajstić information content (AvgIpc) is 2.82. The van der Waals surface area contributed by atoms with Crippen LogP contribution in [0, 0.1) is 6.92 Å². The number of phosphoric acid groups is 2. The molecule has 0 fully saturated rings. The van der Waals surface area contributed by atoms with Crippen molar-refractivity contribution < 1.29 is 31.9 Å². The number of para-hydroxylation sites is 2. The van der Waals surface area contributed by atoms with Gasteiger partial charge in [0.25, 0.3) is 0 Å². The molecule has 0 spiro atoms. The Morgan fingerprint density at radius 1 is 0.800 bits per heavy atom. The molecule has 7 nitrogen and oxygen atoms in total. The Bertz CT molecular complexity index is 1500. The van der Waals surface area contributed by atoms with Crippen LogP contribution < -0.4 is 9.05 Å². The van der Waals surface area contributed by atoms with Gasteiger partial charge in [-0.15, -0.1) is 0 Å². The first-order chi connectivity index (χ1) is 16.8. The molecule has 1 N–H and O–H groups in total. The standard InChI is InChI=1S/C26H22O7P2/c1-19-9-5-6-16-24(19)32-35(29,30-22-13-3-2-4-14-22)33-34(27,28)31-25-18-17-21-11-7-10-20-12-8-15-23(25)26(20)21/h2-18,25H,1H3,(H,27,28). The topological polar surface area (TPSA) is 91.3 Å². The third-order valence-corrected chi connectivity index (χ3v) is 8.41. The van der Waals surface area contributed by atoms with Crippen LogP contribution in [0.5, 0.6) is 11.5 Å². The van der Waals surface area contributed by atoms with Crippen LogP contribution in [0.3, 0.4) is 0 Å². The van der Waals surface area contributed by atoms with Gasteiger partial charge in [-0.25, -0.2) is 9.13 Å². The van der Waals surface area contributed by atoms with Gasteiger partial charge in [-0.3, -0.25) is 4.52 Å². The zero-order valence-corrected chi connectivity index (χ0v) is 20.5. The maximum Gasteiger partial charge on any atom is 0.596 e. The van der Waals surface area contributed by atoms with Crippen molar-refractivity contribution in [1.82, 2.24) is 0 Å². The van der Waals surface area contributed by atoms with Crippen LogP contribution in [0.15, 0.2) is 97.1 Å². The molecule has 35 heavy (non-hydrogen) atoms. The molecular formula is C26H22O7P2. The molecule has 0 radical (unpaired) electrons. The van der Waals surface area contributed by atoms with E-state index in [1.807, 2.05) is 42.5 Å². The molecule has 0 aromatic heterocycles. The van der Waals surface area contributed by atoms with E-state index in [2.05, 4.69) is 0 Å². The smallest absolute Gasteiger partial charge is 0.395 e. The molecule has 4 aromatic carbocycles. The van der Waals surface area contributed by atoms with Crippen molar-refractivity contribution in [3.63, 3.8) is 0 Å². The molecule has 1 aliphatic carbocycles. The summed E-state index contributed by atoms with van der Waals surface area (Å²) in [5.74, 6) is 0.323. The minimum Gasteiger partial charge on any atom is -0.395 e. The highest BCUT2D eigenvalue weighted by Crippen LogP contribution is 2.64. The number of phosphoric ester groups is 2. The largest absolute Gasteiger partial charge is 0.596 e. The van der Waals surface area contributed by atoms with E-state index in [-0.39, 0.29) is 11.5 Å². The number of hydrogen-bond acceptors (Lipinski definition) is 6. The Morgan fingerprint density at radius 3 is 2.29 bits per heavy atom.